The molecule has 2 fully saturated rings. The molecule has 10 aromatic rings. The number of fused-ring (bicyclic) bond motifs is 13. The third kappa shape index (κ3) is 6.02. The van der Waals surface area contributed by atoms with Gasteiger partial charge in [0.25, 0.3) is 6.71 Å². The van der Waals surface area contributed by atoms with Gasteiger partial charge in [0.05, 0.1) is 16.6 Å². The summed E-state index contributed by atoms with van der Waals surface area (Å²) in [5.74, 6) is 1.15. The normalized spacial score (nSPS) is 18.8. The molecule has 0 N–H and O–H groups in total. The summed E-state index contributed by atoms with van der Waals surface area (Å²) in [5.41, 5.74) is 33.9. The molecule has 5 heterocycles. The van der Waals surface area contributed by atoms with Gasteiger partial charge in [-0.2, -0.15) is 0 Å². The molecule has 7 aliphatic rings. The Balaban J connectivity index is 1.11. The van der Waals surface area contributed by atoms with Crippen molar-refractivity contribution < 1.29 is 0 Å². The van der Waals surface area contributed by atoms with Gasteiger partial charge < -0.3 is 9.13 Å². The Hall–Kier alpha value is -6.84. The lowest BCUT2D eigenvalue weighted by Crippen LogP contribution is -2.61. The van der Waals surface area contributed by atoms with Gasteiger partial charge in [-0.25, -0.2) is 0 Å². The SMILES string of the molecule is CC(C)(C)c1ccc(-c2c(-c3ccc(C(C)(C)C)cc3)n3c4c(cc5c(c24)C(C)(C)CCC5(C)C)B2c4c-3ccc3c4-n4c5c2cc(C2CCCC2)cc5c2cc(C5CCCC5)cc(c24)C32c3ccccc3-c3ccccc32)cc1. The lowest BCUT2D eigenvalue weighted by molar-refractivity contribution is 0.335. The van der Waals surface area contributed by atoms with Crippen LogP contribution in [0.4, 0.5) is 0 Å². The molecule has 17 rings (SSSR count). The maximum absolute atomic E-state index is 2.88. The van der Waals surface area contributed by atoms with Crippen molar-refractivity contribution in [3.05, 3.63) is 195 Å². The summed E-state index contributed by atoms with van der Waals surface area (Å²) < 4.78 is 5.73. The van der Waals surface area contributed by atoms with Crippen LogP contribution < -0.4 is 16.4 Å². The van der Waals surface area contributed by atoms with E-state index in [1.807, 2.05) is 0 Å². The summed E-state index contributed by atoms with van der Waals surface area (Å²) in [6.07, 6.45) is 12.7. The predicted molar refractivity (Wildman–Crippen MR) is 339 cm³/mol. The topological polar surface area (TPSA) is 9.86 Å². The van der Waals surface area contributed by atoms with Crippen molar-refractivity contribution in [1.82, 2.24) is 9.13 Å². The first-order chi connectivity index (χ1) is 38.4. The van der Waals surface area contributed by atoms with Gasteiger partial charge in [0.15, 0.2) is 0 Å². The lowest BCUT2D eigenvalue weighted by atomic mass is 9.33. The first kappa shape index (κ1) is 47.9. The monoisotopic (exact) mass is 1040 g/mol. The molecule has 0 bridgehead atoms. The molecule has 4 aliphatic carbocycles. The van der Waals surface area contributed by atoms with Crippen molar-refractivity contribution >= 4 is 55.8 Å². The molecule has 3 heteroatoms. The van der Waals surface area contributed by atoms with Crippen LogP contribution in [0.5, 0.6) is 0 Å². The van der Waals surface area contributed by atoms with Crippen LogP contribution in [-0.4, -0.2) is 15.8 Å². The van der Waals surface area contributed by atoms with E-state index >= 15 is 0 Å². The quantitative estimate of drug-likeness (QED) is 0.156. The molecule has 8 aromatic carbocycles. The van der Waals surface area contributed by atoms with E-state index in [0.29, 0.717) is 11.8 Å². The second kappa shape index (κ2) is 15.8. The predicted octanol–water partition coefficient (Wildman–Crippen LogP) is 18.1. The molecule has 2 aromatic heterocycles. The van der Waals surface area contributed by atoms with Crippen molar-refractivity contribution in [2.75, 3.05) is 0 Å². The van der Waals surface area contributed by atoms with Crippen molar-refractivity contribution in [2.24, 2.45) is 0 Å². The van der Waals surface area contributed by atoms with E-state index in [-0.39, 0.29) is 28.4 Å². The second-order valence-corrected chi connectivity index (χ2v) is 29.5. The Labute approximate surface area is 474 Å². The Bertz CT molecular complexity index is 4320. The molecule has 1 spiro atoms. The minimum absolute atomic E-state index is 0.0205. The van der Waals surface area contributed by atoms with Crippen LogP contribution in [0.25, 0.3) is 77.6 Å². The van der Waals surface area contributed by atoms with Crippen LogP contribution >= 0.6 is 0 Å². The summed E-state index contributed by atoms with van der Waals surface area (Å²) in [7, 11) is 0. The first-order valence-corrected chi connectivity index (χ1v) is 31.0. The minimum atomic E-state index is -0.509. The zero-order valence-corrected chi connectivity index (χ0v) is 49.0. The van der Waals surface area contributed by atoms with E-state index in [4.69, 9.17) is 0 Å². The maximum atomic E-state index is 2.88. The van der Waals surface area contributed by atoms with Crippen molar-refractivity contribution in [3.8, 4) is 44.9 Å². The molecule has 2 nitrogen and oxygen atoms in total. The molecular weight excluding hydrogens is 964 g/mol. The van der Waals surface area contributed by atoms with E-state index < -0.39 is 5.41 Å². The number of aromatic nitrogens is 2. The van der Waals surface area contributed by atoms with E-state index in [0.717, 1.165) is 12.8 Å². The average Bonchev–Trinajstić information content (AvgIpc) is 3.52. The molecule has 3 aliphatic heterocycles. The molecule has 396 valence electrons. The summed E-state index contributed by atoms with van der Waals surface area (Å²) in [6, 6.07) is 57.9. The largest absolute Gasteiger partial charge is 0.310 e. The number of hydrogen-bond donors (Lipinski definition) is 0. The Kier molecular flexibility index (Phi) is 9.46. The molecular formula is C77H75BN2. The Morgan fingerprint density at radius 2 is 1.01 bits per heavy atom. The summed E-state index contributed by atoms with van der Waals surface area (Å²) in [6.45, 7) is 24.4. The average molecular weight is 1040 g/mol. The van der Waals surface area contributed by atoms with Gasteiger partial charge in [0.2, 0.25) is 0 Å². The van der Waals surface area contributed by atoms with E-state index in [1.54, 1.807) is 22.3 Å². The summed E-state index contributed by atoms with van der Waals surface area (Å²) in [5, 5.41) is 4.43. The fourth-order valence-electron chi connectivity index (χ4n) is 18.1. The molecule has 0 saturated heterocycles. The molecule has 0 atom stereocenters. The third-order valence-electron chi connectivity index (χ3n) is 22.1. The Morgan fingerprint density at radius 3 is 1.61 bits per heavy atom. The number of benzene rings is 8. The fourth-order valence-corrected chi connectivity index (χ4v) is 18.1. The number of rotatable bonds is 4. The molecule has 0 unspecified atom stereocenters. The molecule has 80 heavy (non-hydrogen) atoms. The van der Waals surface area contributed by atoms with Crippen molar-refractivity contribution in [3.63, 3.8) is 0 Å². The smallest absolute Gasteiger partial charge is 0.252 e. The Morgan fingerprint density at radius 1 is 0.475 bits per heavy atom. The third-order valence-corrected chi connectivity index (χ3v) is 22.1. The van der Waals surface area contributed by atoms with E-state index in [9.17, 15) is 0 Å². The molecule has 2 saturated carbocycles. The first-order valence-electron chi connectivity index (χ1n) is 31.0. The zero-order valence-electron chi connectivity index (χ0n) is 49.0. The van der Waals surface area contributed by atoms with Gasteiger partial charge in [-0.3, -0.25) is 0 Å². The molecule has 0 amide bonds. The van der Waals surface area contributed by atoms with Gasteiger partial charge in [-0.05, 0) is 184 Å². The minimum Gasteiger partial charge on any atom is -0.310 e. The fraction of sp³-hybridized carbons (Fsp3) is 0.351. The van der Waals surface area contributed by atoms with Gasteiger partial charge in [-0.1, -0.05) is 216 Å². The standard InChI is InChI=1S/C77H75BN2/c1-73(2,3)50-31-27-46(28-32-50)64-65-66-59(75(7,8)37-38-76(66,9)10)43-62-72(65)79(68(64)47-29-33-51(34-30-47)74(4,5)6)63-36-35-58-71-67(63)78(62)61-42-49(45-21-13-14-22-45)40-55-54-39-48(44-19-11-12-20-44)41-60(69(54)80(71)70(55)61)77(58)56-25-17-15-23-52(56)53-24-16-18-26-57(53)77/h15-18,23-36,39-45H,11-14,19-22,37-38H2,1-10H3. The van der Waals surface area contributed by atoms with Gasteiger partial charge >= 0.3 is 0 Å². The highest BCUT2D eigenvalue weighted by atomic mass is 15.1. The lowest BCUT2D eigenvalue weighted by Gasteiger charge is -2.45. The van der Waals surface area contributed by atoms with E-state index in [1.165, 1.54) is 179 Å². The van der Waals surface area contributed by atoms with Gasteiger partial charge in [-0.15, -0.1) is 0 Å². The maximum Gasteiger partial charge on any atom is 0.252 e. The van der Waals surface area contributed by atoms with Crippen LogP contribution in [0, 0.1) is 0 Å². The van der Waals surface area contributed by atoms with Crippen molar-refractivity contribution in [1.29, 1.82) is 0 Å². The number of nitrogens with zero attached hydrogens (tertiary/aromatic N) is 2. The van der Waals surface area contributed by atoms with E-state index in [2.05, 4.69) is 218 Å². The van der Waals surface area contributed by atoms with Gasteiger partial charge in [0, 0.05) is 44.1 Å². The number of hydrogen-bond acceptors (Lipinski definition) is 0. The van der Waals surface area contributed by atoms with Crippen LogP contribution in [0.15, 0.2) is 140 Å². The van der Waals surface area contributed by atoms with Crippen LogP contribution in [0.2, 0.25) is 0 Å². The van der Waals surface area contributed by atoms with Crippen LogP contribution in [0.1, 0.15) is 201 Å². The summed E-state index contributed by atoms with van der Waals surface area (Å²) in [4.78, 5) is 0. The van der Waals surface area contributed by atoms with Gasteiger partial charge in [0.1, 0.15) is 0 Å². The highest BCUT2D eigenvalue weighted by Crippen LogP contribution is 2.63. The molecule has 0 radical (unpaired) electrons. The van der Waals surface area contributed by atoms with Crippen LogP contribution in [0.3, 0.4) is 0 Å². The zero-order chi connectivity index (χ0) is 54.3. The highest BCUT2D eigenvalue weighted by Gasteiger charge is 2.55. The second-order valence-electron chi connectivity index (χ2n) is 29.5. The van der Waals surface area contributed by atoms with Crippen molar-refractivity contribution in [2.45, 2.75) is 172 Å². The van der Waals surface area contributed by atoms with Crippen LogP contribution in [-0.2, 0) is 27.1 Å². The summed E-state index contributed by atoms with van der Waals surface area (Å²) >= 11 is 0. The highest BCUT2D eigenvalue weighted by molar-refractivity contribution is 7.00.